The van der Waals surface area contributed by atoms with Gasteiger partial charge in [0.15, 0.2) is 0 Å². The van der Waals surface area contributed by atoms with Gasteiger partial charge in [-0.15, -0.1) is 11.3 Å². The Kier molecular flexibility index (Phi) is 6.25. The Balaban J connectivity index is 1.19. The number of para-hydroxylation sites is 2. The normalized spacial score (nSPS) is 13.7. The largest absolute Gasteiger partial charge is 0.309 e. The number of hydrogen-bond acceptors (Lipinski definition) is 1. The standard InChI is InChI=1S/C49H31NS/c1-3-15-31(16-4-1)41-29-32(30-42-34-19-10-12-28-45(34)51-49(41)42)46-35-20-7-8-21-36(35)47-37(23-13-25-40(46)47)38-24-14-27-44-48(38)39-22-9-11-26-43(39)50(44)33-17-5-2-6-18-33/h1-30,46H. The van der Waals surface area contributed by atoms with Gasteiger partial charge in [-0.2, -0.15) is 0 Å². The molecular weight excluding hydrogens is 635 g/mol. The summed E-state index contributed by atoms with van der Waals surface area (Å²) in [7, 11) is 0. The highest BCUT2D eigenvalue weighted by Gasteiger charge is 2.33. The van der Waals surface area contributed by atoms with Gasteiger partial charge >= 0.3 is 0 Å². The van der Waals surface area contributed by atoms with Gasteiger partial charge in [-0.1, -0.05) is 140 Å². The molecular formula is C49H31NS. The lowest BCUT2D eigenvalue weighted by atomic mass is 9.85. The zero-order valence-electron chi connectivity index (χ0n) is 27.8. The third-order valence-electron chi connectivity index (χ3n) is 10.9. The highest BCUT2D eigenvalue weighted by Crippen LogP contribution is 2.54. The zero-order chi connectivity index (χ0) is 33.5. The first-order chi connectivity index (χ1) is 25.3. The summed E-state index contributed by atoms with van der Waals surface area (Å²) in [4.78, 5) is 0. The summed E-state index contributed by atoms with van der Waals surface area (Å²) in [6, 6.07) is 67.3. The van der Waals surface area contributed by atoms with Crippen molar-refractivity contribution in [1.82, 2.24) is 4.57 Å². The van der Waals surface area contributed by atoms with Crippen molar-refractivity contribution in [2.45, 2.75) is 5.92 Å². The van der Waals surface area contributed by atoms with Crippen LogP contribution in [0.5, 0.6) is 0 Å². The lowest BCUT2D eigenvalue weighted by Crippen LogP contribution is -2.00. The van der Waals surface area contributed by atoms with E-state index in [-0.39, 0.29) is 5.92 Å². The summed E-state index contributed by atoms with van der Waals surface area (Å²) in [6.45, 7) is 0. The maximum Gasteiger partial charge on any atom is 0.0547 e. The third kappa shape index (κ3) is 4.21. The molecule has 10 aromatic rings. The van der Waals surface area contributed by atoms with E-state index in [1.54, 1.807) is 0 Å². The second-order valence-electron chi connectivity index (χ2n) is 13.6. The highest BCUT2D eigenvalue weighted by molar-refractivity contribution is 7.26. The van der Waals surface area contributed by atoms with Gasteiger partial charge in [-0.3, -0.25) is 0 Å². The molecule has 1 aliphatic rings. The second-order valence-corrected chi connectivity index (χ2v) is 14.6. The molecule has 1 atom stereocenters. The maximum absolute atomic E-state index is 2.48. The van der Waals surface area contributed by atoms with E-state index >= 15 is 0 Å². The number of thiophene rings is 1. The molecule has 0 N–H and O–H groups in total. The molecule has 0 saturated heterocycles. The Labute approximate surface area is 300 Å². The number of aromatic nitrogens is 1. The van der Waals surface area contributed by atoms with E-state index in [0.717, 1.165) is 0 Å². The van der Waals surface area contributed by atoms with Gasteiger partial charge in [0.2, 0.25) is 0 Å². The van der Waals surface area contributed by atoms with E-state index in [9.17, 15) is 0 Å². The molecule has 0 aliphatic heterocycles. The van der Waals surface area contributed by atoms with Gasteiger partial charge in [0.25, 0.3) is 0 Å². The van der Waals surface area contributed by atoms with E-state index < -0.39 is 0 Å². The van der Waals surface area contributed by atoms with E-state index in [1.165, 1.54) is 97.7 Å². The molecule has 0 spiro atoms. The zero-order valence-corrected chi connectivity index (χ0v) is 28.6. The minimum atomic E-state index is 0.117. The molecule has 238 valence electrons. The molecule has 1 aliphatic carbocycles. The molecule has 1 nitrogen and oxygen atoms in total. The molecule has 0 saturated carbocycles. The lowest BCUT2D eigenvalue weighted by Gasteiger charge is -2.18. The van der Waals surface area contributed by atoms with Crippen LogP contribution in [0.3, 0.4) is 0 Å². The van der Waals surface area contributed by atoms with Crippen LogP contribution in [-0.4, -0.2) is 4.57 Å². The number of fused-ring (bicyclic) bond motifs is 9. The first-order valence-electron chi connectivity index (χ1n) is 17.6. The fourth-order valence-corrected chi connectivity index (χ4v) is 10.0. The summed E-state index contributed by atoms with van der Waals surface area (Å²) in [6.07, 6.45) is 0. The first-order valence-corrected chi connectivity index (χ1v) is 18.5. The topological polar surface area (TPSA) is 4.93 Å². The quantitative estimate of drug-likeness (QED) is 0.176. The van der Waals surface area contributed by atoms with Crippen LogP contribution >= 0.6 is 11.3 Å². The maximum atomic E-state index is 2.48. The van der Waals surface area contributed by atoms with Crippen LogP contribution in [0, 0.1) is 0 Å². The van der Waals surface area contributed by atoms with Crippen molar-refractivity contribution in [1.29, 1.82) is 0 Å². The van der Waals surface area contributed by atoms with Gasteiger partial charge in [0, 0.05) is 42.6 Å². The molecule has 0 radical (unpaired) electrons. The Bertz CT molecular complexity index is 2970. The van der Waals surface area contributed by atoms with Crippen LogP contribution < -0.4 is 0 Å². The fourth-order valence-electron chi connectivity index (χ4n) is 8.79. The third-order valence-corrected chi connectivity index (χ3v) is 12.1. The number of nitrogens with zero attached hydrogens (tertiary/aromatic N) is 1. The molecule has 2 heteroatoms. The molecule has 11 rings (SSSR count). The molecule has 0 amide bonds. The van der Waals surface area contributed by atoms with Gasteiger partial charge in [0.05, 0.1) is 11.0 Å². The van der Waals surface area contributed by atoms with Crippen molar-refractivity contribution < 1.29 is 0 Å². The summed E-state index contributed by atoms with van der Waals surface area (Å²) in [5.41, 5.74) is 15.5. The monoisotopic (exact) mass is 665 g/mol. The smallest absolute Gasteiger partial charge is 0.0547 e. The van der Waals surface area contributed by atoms with Crippen molar-refractivity contribution in [2.75, 3.05) is 0 Å². The van der Waals surface area contributed by atoms with Crippen molar-refractivity contribution in [3.8, 4) is 39.1 Å². The molecule has 0 bridgehead atoms. The van der Waals surface area contributed by atoms with Crippen LogP contribution in [-0.2, 0) is 0 Å². The average Bonchev–Trinajstić information content (AvgIpc) is 3.86. The number of rotatable bonds is 4. The molecule has 51 heavy (non-hydrogen) atoms. The Hall–Kier alpha value is -6.22. The SMILES string of the molecule is c1ccc(-c2cc(C3c4ccccc4-c4c(-c5cccc6c5c5ccccc5n6-c5ccccc5)cccc43)cc3c2sc2ccccc23)cc1. The van der Waals surface area contributed by atoms with Gasteiger partial charge in [-0.25, -0.2) is 0 Å². The second kappa shape index (κ2) is 11.1. The number of hydrogen-bond donors (Lipinski definition) is 0. The Morgan fingerprint density at radius 3 is 1.96 bits per heavy atom. The number of benzene rings is 8. The van der Waals surface area contributed by atoms with E-state index in [0.29, 0.717) is 0 Å². The van der Waals surface area contributed by atoms with Crippen molar-refractivity contribution in [2.24, 2.45) is 0 Å². The molecule has 2 heterocycles. The van der Waals surface area contributed by atoms with Crippen LogP contribution in [0.15, 0.2) is 182 Å². The Morgan fingerprint density at radius 2 is 1.08 bits per heavy atom. The molecule has 2 aromatic heterocycles. The molecule has 0 fully saturated rings. The minimum absolute atomic E-state index is 0.117. The average molecular weight is 666 g/mol. The lowest BCUT2D eigenvalue weighted by molar-refractivity contribution is 1.02. The predicted molar refractivity (Wildman–Crippen MR) is 217 cm³/mol. The van der Waals surface area contributed by atoms with Crippen LogP contribution in [0.1, 0.15) is 22.6 Å². The minimum Gasteiger partial charge on any atom is -0.309 e. The van der Waals surface area contributed by atoms with Gasteiger partial charge < -0.3 is 4.57 Å². The summed E-state index contributed by atoms with van der Waals surface area (Å²) in [5.74, 6) is 0.117. The van der Waals surface area contributed by atoms with Crippen molar-refractivity contribution in [3.05, 3.63) is 199 Å². The van der Waals surface area contributed by atoms with Gasteiger partial charge in [-0.05, 0) is 92.5 Å². The Morgan fingerprint density at radius 1 is 0.431 bits per heavy atom. The summed E-state index contributed by atoms with van der Waals surface area (Å²) >= 11 is 1.91. The first kappa shape index (κ1) is 28.6. The summed E-state index contributed by atoms with van der Waals surface area (Å²) < 4.78 is 5.10. The summed E-state index contributed by atoms with van der Waals surface area (Å²) in [5, 5.41) is 5.24. The molecule has 1 unspecified atom stereocenters. The van der Waals surface area contributed by atoms with Crippen molar-refractivity contribution in [3.63, 3.8) is 0 Å². The highest BCUT2D eigenvalue weighted by atomic mass is 32.1. The van der Waals surface area contributed by atoms with Crippen LogP contribution in [0.25, 0.3) is 81.0 Å². The van der Waals surface area contributed by atoms with Crippen LogP contribution in [0.4, 0.5) is 0 Å². The van der Waals surface area contributed by atoms with E-state index in [4.69, 9.17) is 0 Å². The molecule has 8 aromatic carbocycles. The van der Waals surface area contributed by atoms with Gasteiger partial charge in [0.1, 0.15) is 0 Å². The van der Waals surface area contributed by atoms with Crippen molar-refractivity contribution >= 4 is 53.3 Å². The van der Waals surface area contributed by atoms with E-state index in [2.05, 4.69) is 187 Å². The van der Waals surface area contributed by atoms with E-state index in [1.807, 2.05) is 11.3 Å². The predicted octanol–water partition coefficient (Wildman–Crippen LogP) is 13.6. The van der Waals surface area contributed by atoms with Crippen LogP contribution in [0.2, 0.25) is 0 Å². The fraction of sp³-hybridized carbons (Fsp3) is 0.0204.